The predicted octanol–water partition coefficient (Wildman–Crippen LogP) is 3.23. The molecule has 1 aliphatic heterocycles. The molecule has 3 aromatic rings. The average Bonchev–Trinajstić information content (AvgIpc) is 3.44. The van der Waals surface area contributed by atoms with Crippen LogP contribution in [0.2, 0.25) is 0 Å². The number of anilines is 1. The molecule has 1 atom stereocenters. The van der Waals surface area contributed by atoms with E-state index in [4.69, 9.17) is 9.15 Å². The normalized spacial score (nSPS) is 14.6. The van der Waals surface area contributed by atoms with Crippen molar-refractivity contribution in [3.05, 3.63) is 83.3 Å². The van der Waals surface area contributed by atoms with Crippen LogP contribution in [-0.4, -0.2) is 68.3 Å². The third-order valence-electron chi connectivity index (χ3n) is 6.26. The quantitative estimate of drug-likeness (QED) is 0.457. The van der Waals surface area contributed by atoms with Gasteiger partial charge in [0.2, 0.25) is 0 Å². The van der Waals surface area contributed by atoms with Crippen molar-refractivity contribution in [2.24, 2.45) is 0 Å². The van der Waals surface area contributed by atoms with Gasteiger partial charge in [-0.15, -0.1) is 0 Å². The number of carbonyl (C=O) groups excluding carboxylic acids is 3. The van der Waals surface area contributed by atoms with Crippen LogP contribution in [0.3, 0.4) is 0 Å². The molecule has 38 heavy (non-hydrogen) atoms. The third-order valence-corrected chi connectivity index (χ3v) is 7.78. The molecule has 10 nitrogen and oxygen atoms in total. The van der Waals surface area contributed by atoms with E-state index in [1.165, 1.54) is 36.3 Å². The van der Waals surface area contributed by atoms with Gasteiger partial charge in [-0.3, -0.25) is 14.3 Å². The van der Waals surface area contributed by atoms with Crippen LogP contribution in [0.1, 0.15) is 39.0 Å². The Morgan fingerprint density at radius 1 is 0.947 bits per heavy atom. The number of furan rings is 1. The number of piperazine rings is 1. The highest BCUT2D eigenvalue weighted by Gasteiger charge is 2.30. The number of hydrogen-bond acceptors (Lipinski definition) is 7. The first-order chi connectivity index (χ1) is 18.0. The van der Waals surface area contributed by atoms with E-state index in [9.17, 15) is 22.8 Å². The number of aryl methyl sites for hydroxylation is 2. The van der Waals surface area contributed by atoms with Gasteiger partial charge >= 0.3 is 5.97 Å². The molecule has 0 radical (unpaired) electrons. The van der Waals surface area contributed by atoms with E-state index in [-0.39, 0.29) is 35.2 Å². The zero-order valence-electron chi connectivity index (χ0n) is 21.3. The summed E-state index contributed by atoms with van der Waals surface area (Å²) in [4.78, 5) is 41.2. The number of nitrogens with zero attached hydrogens (tertiary/aromatic N) is 2. The van der Waals surface area contributed by atoms with Gasteiger partial charge in [0.05, 0.1) is 16.7 Å². The van der Waals surface area contributed by atoms with Crippen LogP contribution in [0.4, 0.5) is 5.69 Å². The van der Waals surface area contributed by atoms with Gasteiger partial charge in [-0.2, -0.15) is 0 Å². The maximum atomic E-state index is 13.0. The minimum absolute atomic E-state index is 0.00777. The lowest BCUT2D eigenvalue weighted by Crippen LogP contribution is -2.53. The first-order valence-electron chi connectivity index (χ1n) is 12.1. The Morgan fingerprint density at radius 2 is 1.61 bits per heavy atom. The molecule has 4 rings (SSSR count). The van der Waals surface area contributed by atoms with Gasteiger partial charge in [-0.05, 0) is 62.7 Å². The van der Waals surface area contributed by atoms with E-state index >= 15 is 0 Å². The van der Waals surface area contributed by atoms with Gasteiger partial charge in [-0.25, -0.2) is 13.2 Å². The molecular formula is C27H29N3O7S. The number of carbonyl (C=O) groups is 3. The summed E-state index contributed by atoms with van der Waals surface area (Å²) in [5.74, 6) is -1.22. The van der Waals surface area contributed by atoms with Crippen molar-refractivity contribution >= 4 is 33.5 Å². The summed E-state index contributed by atoms with van der Waals surface area (Å²) in [5, 5.41) is 0. The monoisotopic (exact) mass is 539 g/mol. The van der Waals surface area contributed by atoms with Crippen molar-refractivity contribution in [3.8, 4) is 0 Å². The molecule has 0 aliphatic carbocycles. The van der Waals surface area contributed by atoms with Crippen LogP contribution in [0.5, 0.6) is 0 Å². The predicted molar refractivity (Wildman–Crippen MR) is 139 cm³/mol. The minimum atomic E-state index is -3.98. The van der Waals surface area contributed by atoms with Crippen molar-refractivity contribution < 1.29 is 32.0 Å². The number of hydrogen-bond donors (Lipinski definition) is 1. The fourth-order valence-corrected chi connectivity index (χ4v) is 5.40. The van der Waals surface area contributed by atoms with Crippen LogP contribution in [-0.2, 0) is 19.6 Å². The molecule has 1 aromatic heterocycles. The second kappa shape index (κ2) is 11.1. The van der Waals surface area contributed by atoms with E-state index < -0.39 is 28.0 Å². The number of nitrogens with one attached hydrogen (secondary N) is 1. The highest BCUT2D eigenvalue weighted by Crippen LogP contribution is 2.22. The number of amides is 2. The fourth-order valence-electron chi connectivity index (χ4n) is 4.07. The second-order valence-corrected chi connectivity index (χ2v) is 10.7. The molecule has 0 bridgehead atoms. The molecule has 1 N–H and O–H groups in total. The molecule has 11 heteroatoms. The minimum Gasteiger partial charge on any atom is -0.459 e. The first kappa shape index (κ1) is 26.9. The highest BCUT2D eigenvalue weighted by molar-refractivity contribution is 7.92. The summed E-state index contributed by atoms with van der Waals surface area (Å²) in [6.45, 7) is 6.19. The maximum absolute atomic E-state index is 13.0. The van der Waals surface area contributed by atoms with E-state index in [1.807, 2.05) is 6.92 Å². The van der Waals surface area contributed by atoms with Crippen molar-refractivity contribution in [1.29, 1.82) is 0 Å². The van der Waals surface area contributed by atoms with E-state index in [2.05, 4.69) is 4.72 Å². The Hall–Kier alpha value is -4.12. The molecule has 200 valence electrons. The Balaban J connectivity index is 1.38. The molecule has 1 fully saturated rings. The van der Waals surface area contributed by atoms with Gasteiger partial charge in [0.15, 0.2) is 11.9 Å². The molecule has 1 saturated heterocycles. The van der Waals surface area contributed by atoms with Gasteiger partial charge < -0.3 is 19.0 Å². The van der Waals surface area contributed by atoms with Gasteiger partial charge in [0.25, 0.3) is 21.8 Å². The summed E-state index contributed by atoms with van der Waals surface area (Å²) >= 11 is 0. The van der Waals surface area contributed by atoms with E-state index in [0.29, 0.717) is 24.3 Å². The van der Waals surface area contributed by atoms with Crippen LogP contribution in [0, 0.1) is 13.8 Å². The standard InChI is InChI=1S/C27H29N3O7S/c1-18-6-10-22(11-7-18)28-38(34,35)24-17-21(9-8-19(24)2)27(33)37-20(3)25(31)29-12-14-30(15-13-29)26(32)23-5-4-16-36-23/h4-11,16-17,20,28H,12-15H2,1-3H3/t20-/m1/s1. The zero-order chi connectivity index (χ0) is 27.4. The largest absolute Gasteiger partial charge is 0.459 e. The number of esters is 1. The average molecular weight is 540 g/mol. The summed E-state index contributed by atoms with van der Waals surface area (Å²) < 4.78 is 39.1. The maximum Gasteiger partial charge on any atom is 0.338 e. The zero-order valence-corrected chi connectivity index (χ0v) is 22.2. The number of sulfonamides is 1. The van der Waals surface area contributed by atoms with Crippen LogP contribution >= 0.6 is 0 Å². The van der Waals surface area contributed by atoms with Crippen molar-refractivity contribution in [3.63, 3.8) is 0 Å². The Morgan fingerprint density at radius 3 is 2.24 bits per heavy atom. The molecule has 0 spiro atoms. The second-order valence-electron chi connectivity index (χ2n) is 9.09. The van der Waals surface area contributed by atoms with Crippen molar-refractivity contribution in [2.75, 3.05) is 30.9 Å². The van der Waals surface area contributed by atoms with Gasteiger partial charge in [0.1, 0.15) is 0 Å². The summed E-state index contributed by atoms with van der Waals surface area (Å²) in [5.41, 5.74) is 1.84. The van der Waals surface area contributed by atoms with Crippen LogP contribution in [0.15, 0.2) is 70.2 Å². The summed E-state index contributed by atoms with van der Waals surface area (Å²) in [6, 6.07) is 14.3. The smallest absolute Gasteiger partial charge is 0.338 e. The van der Waals surface area contributed by atoms with Crippen molar-refractivity contribution in [1.82, 2.24) is 9.80 Å². The molecule has 1 aliphatic rings. The lowest BCUT2D eigenvalue weighted by molar-refractivity contribution is -0.141. The van der Waals surface area contributed by atoms with Crippen LogP contribution < -0.4 is 4.72 Å². The Bertz CT molecular complexity index is 1430. The molecule has 2 heterocycles. The Labute approximate surface area is 221 Å². The summed E-state index contributed by atoms with van der Waals surface area (Å²) in [7, 11) is -3.98. The number of ether oxygens (including phenoxy) is 1. The fraction of sp³-hybridized carbons (Fsp3) is 0.296. The molecule has 0 saturated carbocycles. The molecule has 2 aromatic carbocycles. The lowest BCUT2D eigenvalue weighted by atomic mass is 10.1. The SMILES string of the molecule is Cc1ccc(NS(=O)(=O)c2cc(C(=O)O[C@H](C)C(=O)N3CCN(C(=O)c4ccco4)CC3)ccc2C)cc1. The van der Waals surface area contributed by atoms with Gasteiger partial charge in [-0.1, -0.05) is 23.8 Å². The third kappa shape index (κ3) is 6.05. The molecular weight excluding hydrogens is 510 g/mol. The number of rotatable bonds is 7. The van der Waals surface area contributed by atoms with E-state index in [0.717, 1.165) is 5.56 Å². The topological polar surface area (TPSA) is 126 Å². The number of benzene rings is 2. The van der Waals surface area contributed by atoms with Gasteiger partial charge in [0, 0.05) is 31.9 Å². The lowest BCUT2D eigenvalue weighted by Gasteiger charge is -2.35. The van der Waals surface area contributed by atoms with Crippen molar-refractivity contribution in [2.45, 2.75) is 31.8 Å². The summed E-state index contributed by atoms with van der Waals surface area (Å²) in [6.07, 6.45) is 0.331. The Kier molecular flexibility index (Phi) is 7.86. The molecule has 2 amide bonds. The van der Waals surface area contributed by atoms with E-state index in [1.54, 1.807) is 48.2 Å². The molecule has 0 unspecified atom stereocenters. The van der Waals surface area contributed by atoms with Crippen LogP contribution in [0.25, 0.3) is 0 Å². The highest BCUT2D eigenvalue weighted by atomic mass is 32.2. The first-order valence-corrected chi connectivity index (χ1v) is 13.6.